The molecule has 2 rings (SSSR count). The van der Waals surface area contributed by atoms with Gasteiger partial charge in [-0.15, -0.1) is 0 Å². The molecule has 0 radical (unpaired) electrons. The third kappa shape index (κ3) is 3.45. The Balaban J connectivity index is 0.000000581. The molecule has 0 aliphatic heterocycles. The summed E-state index contributed by atoms with van der Waals surface area (Å²) in [5.74, 6) is 0.122. The van der Waals surface area contributed by atoms with Crippen LogP contribution < -0.4 is 0 Å². The molecule has 0 saturated carbocycles. The summed E-state index contributed by atoms with van der Waals surface area (Å²) in [5, 5.41) is 1.04. The topological polar surface area (TPSA) is 22.0 Å². The van der Waals surface area contributed by atoms with Crippen molar-refractivity contribution in [1.82, 2.24) is 4.57 Å². The minimum Gasteiger partial charge on any atom is -0.350 e. The van der Waals surface area contributed by atoms with E-state index >= 15 is 0 Å². The van der Waals surface area contributed by atoms with Crippen molar-refractivity contribution >= 4 is 16.7 Å². The Morgan fingerprint density at radius 2 is 1.59 bits per heavy atom. The van der Waals surface area contributed by atoms with Crippen molar-refractivity contribution < 1.29 is 4.79 Å². The Kier molecular flexibility index (Phi) is 6.95. The zero-order valence-electron chi connectivity index (χ0n) is 11.7. The Bertz CT molecular complexity index is 469. The Labute approximate surface area is 104 Å². The van der Waals surface area contributed by atoms with Gasteiger partial charge in [0.05, 0.1) is 0 Å². The highest BCUT2D eigenvalue weighted by Crippen LogP contribution is 2.20. The van der Waals surface area contributed by atoms with E-state index in [1.807, 2.05) is 69.8 Å². The van der Waals surface area contributed by atoms with Crippen molar-refractivity contribution in [1.29, 1.82) is 0 Å². The second-order valence-corrected chi connectivity index (χ2v) is 3.23. The predicted octanol–water partition coefficient (Wildman–Crippen LogP) is 4.43. The lowest BCUT2D eigenvalue weighted by Crippen LogP contribution is -1.88. The molecule has 2 heteroatoms. The lowest BCUT2D eigenvalue weighted by Gasteiger charge is -1.93. The fourth-order valence-corrected chi connectivity index (χ4v) is 1.62. The monoisotopic (exact) mass is 233 g/mol. The van der Waals surface area contributed by atoms with E-state index in [4.69, 9.17) is 0 Å². The van der Waals surface area contributed by atoms with E-state index in [2.05, 4.69) is 0 Å². The van der Waals surface area contributed by atoms with Gasteiger partial charge in [-0.2, -0.15) is 0 Å². The maximum absolute atomic E-state index is 11.3. The number of nitrogens with zero attached hydrogens (tertiary/aromatic N) is 1. The van der Waals surface area contributed by atoms with Crippen LogP contribution in [0.25, 0.3) is 10.9 Å². The minimum atomic E-state index is 0.122. The molecule has 2 aromatic rings. The average molecular weight is 233 g/mol. The normalized spacial score (nSPS) is 8.82. The maximum Gasteiger partial charge on any atom is 0.161 e. The van der Waals surface area contributed by atoms with Crippen LogP contribution in [0, 0.1) is 0 Å². The highest BCUT2D eigenvalue weighted by Gasteiger charge is 2.08. The molecule has 1 aromatic carbocycles. The molecule has 0 atom stereocenters. The van der Waals surface area contributed by atoms with Crippen molar-refractivity contribution in [3.8, 4) is 0 Å². The lowest BCUT2D eigenvalue weighted by atomic mass is 10.1. The third-order valence-electron chi connectivity index (χ3n) is 2.28. The third-order valence-corrected chi connectivity index (χ3v) is 2.28. The van der Waals surface area contributed by atoms with Gasteiger partial charge in [0.2, 0.25) is 0 Å². The number of carbonyl (C=O) groups excluding carboxylic acids is 1. The number of hydrogen-bond acceptors (Lipinski definition) is 1. The first-order valence-electron chi connectivity index (χ1n) is 6.25. The maximum atomic E-state index is 11.3. The fraction of sp³-hybridized carbons (Fsp3) is 0.400. The highest BCUT2D eigenvalue weighted by molar-refractivity contribution is 6.06. The SMILES string of the molecule is CC.CC.CC(=O)c1cn(C)c2ccccc12. The number of fused-ring (bicyclic) bond motifs is 1. The second-order valence-electron chi connectivity index (χ2n) is 3.23. The highest BCUT2D eigenvalue weighted by atomic mass is 16.1. The molecule has 17 heavy (non-hydrogen) atoms. The molecule has 0 amide bonds. The van der Waals surface area contributed by atoms with Crippen LogP contribution in [0.3, 0.4) is 0 Å². The summed E-state index contributed by atoms with van der Waals surface area (Å²) >= 11 is 0. The van der Waals surface area contributed by atoms with Crippen LogP contribution in [0.4, 0.5) is 0 Å². The van der Waals surface area contributed by atoms with Crippen molar-refractivity contribution in [2.45, 2.75) is 34.6 Å². The number of aryl methyl sites for hydroxylation is 1. The minimum absolute atomic E-state index is 0.122. The van der Waals surface area contributed by atoms with Crippen LogP contribution in [-0.2, 0) is 7.05 Å². The van der Waals surface area contributed by atoms with Crippen LogP contribution >= 0.6 is 0 Å². The predicted molar refractivity (Wildman–Crippen MR) is 75.6 cm³/mol. The molecule has 0 aliphatic rings. The van der Waals surface area contributed by atoms with Gasteiger partial charge in [0.25, 0.3) is 0 Å². The number of para-hydroxylation sites is 1. The molecule has 2 nitrogen and oxygen atoms in total. The van der Waals surface area contributed by atoms with E-state index in [0.717, 1.165) is 16.5 Å². The van der Waals surface area contributed by atoms with Crippen molar-refractivity contribution in [2.75, 3.05) is 0 Å². The first-order valence-corrected chi connectivity index (χ1v) is 6.25. The molecular weight excluding hydrogens is 210 g/mol. The first kappa shape index (κ1) is 15.4. The number of aromatic nitrogens is 1. The molecule has 0 saturated heterocycles. The largest absolute Gasteiger partial charge is 0.350 e. The molecule has 94 valence electrons. The van der Waals surface area contributed by atoms with Crippen molar-refractivity contribution in [3.05, 3.63) is 36.0 Å². The molecule has 0 aliphatic carbocycles. The van der Waals surface area contributed by atoms with Gasteiger partial charge in [0.15, 0.2) is 5.78 Å². The standard InChI is InChI=1S/C11H11NO.2C2H6/c1-8(13)10-7-12(2)11-6-4-3-5-9(10)11;2*1-2/h3-7H,1-2H3;2*1-2H3. The summed E-state index contributed by atoms with van der Waals surface area (Å²) in [6, 6.07) is 7.93. The number of hydrogen-bond donors (Lipinski definition) is 0. The number of Topliss-reactive ketones (excluding diaryl/α,β-unsaturated/α-hetero) is 1. The van der Waals surface area contributed by atoms with Gasteiger partial charge in [-0.1, -0.05) is 45.9 Å². The molecule has 0 fully saturated rings. The summed E-state index contributed by atoms with van der Waals surface area (Å²) in [5.41, 5.74) is 1.91. The van der Waals surface area contributed by atoms with E-state index in [1.54, 1.807) is 6.92 Å². The van der Waals surface area contributed by atoms with Crippen LogP contribution in [-0.4, -0.2) is 10.4 Å². The van der Waals surface area contributed by atoms with Gasteiger partial charge in [-0.25, -0.2) is 0 Å². The quantitative estimate of drug-likeness (QED) is 0.668. The van der Waals surface area contributed by atoms with E-state index in [9.17, 15) is 4.79 Å². The lowest BCUT2D eigenvalue weighted by molar-refractivity contribution is 0.101. The average Bonchev–Trinajstić information content (AvgIpc) is 2.73. The molecule has 0 bridgehead atoms. The molecule has 0 N–H and O–H groups in total. The molecule has 1 heterocycles. The van der Waals surface area contributed by atoms with E-state index in [1.165, 1.54) is 0 Å². The number of rotatable bonds is 1. The first-order chi connectivity index (χ1) is 8.20. The van der Waals surface area contributed by atoms with Gasteiger partial charge in [0.1, 0.15) is 0 Å². The molecular formula is C15H23NO. The van der Waals surface area contributed by atoms with Crippen LogP contribution in [0.2, 0.25) is 0 Å². The summed E-state index contributed by atoms with van der Waals surface area (Å²) < 4.78 is 1.98. The van der Waals surface area contributed by atoms with E-state index < -0.39 is 0 Å². The Morgan fingerprint density at radius 3 is 2.12 bits per heavy atom. The van der Waals surface area contributed by atoms with Gasteiger partial charge >= 0.3 is 0 Å². The second kappa shape index (κ2) is 7.66. The Hall–Kier alpha value is -1.57. The van der Waals surface area contributed by atoms with Crippen molar-refractivity contribution in [2.24, 2.45) is 7.05 Å². The van der Waals surface area contributed by atoms with E-state index in [0.29, 0.717) is 0 Å². The summed E-state index contributed by atoms with van der Waals surface area (Å²) in [7, 11) is 1.95. The zero-order valence-corrected chi connectivity index (χ0v) is 11.7. The van der Waals surface area contributed by atoms with Gasteiger partial charge < -0.3 is 4.57 Å². The summed E-state index contributed by atoms with van der Waals surface area (Å²) in [6.07, 6.45) is 1.88. The smallest absolute Gasteiger partial charge is 0.161 e. The fourth-order valence-electron chi connectivity index (χ4n) is 1.62. The van der Waals surface area contributed by atoms with Crippen LogP contribution in [0.1, 0.15) is 45.0 Å². The number of ketones is 1. The molecule has 0 spiro atoms. The number of carbonyl (C=O) groups is 1. The molecule has 1 aromatic heterocycles. The summed E-state index contributed by atoms with van der Waals surface area (Å²) in [6.45, 7) is 9.60. The zero-order chi connectivity index (χ0) is 13.4. The number of benzene rings is 1. The van der Waals surface area contributed by atoms with Gasteiger partial charge in [-0.05, 0) is 13.0 Å². The Morgan fingerprint density at radius 1 is 1.06 bits per heavy atom. The summed E-state index contributed by atoms with van der Waals surface area (Å²) in [4.78, 5) is 11.3. The van der Waals surface area contributed by atoms with Gasteiger partial charge in [-0.3, -0.25) is 4.79 Å². The van der Waals surface area contributed by atoms with Crippen LogP contribution in [0.15, 0.2) is 30.5 Å². The van der Waals surface area contributed by atoms with Gasteiger partial charge in [0, 0.05) is 29.7 Å². The van der Waals surface area contributed by atoms with Crippen molar-refractivity contribution in [3.63, 3.8) is 0 Å². The molecule has 0 unspecified atom stereocenters. The van der Waals surface area contributed by atoms with Crippen LogP contribution in [0.5, 0.6) is 0 Å². The van der Waals surface area contributed by atoms with E-state index in [-0.39, 0.29) is 5.78 Å².